The third-order valence-electron chi connectivity index (χ3n) is 1.79. The second-order valence-electron chi connectivity index (χ2n) is 2.99. The number of hydrogen-bond acceptors (Lipinski definition) is 5. The molecule has 4 nitrogen and oxygen atoms in total. The molecule has 0 amide bonds. The summed E-state index contributed by atoms with van der Waals surface area (Å²) in [6.07, 6.45) is -3.74. The standard InChI is InChI=1S/C10H8F3NO3S/c1-17-9(16)8-6(3-5-18-8)14-4-2-7(15)10(11,12)13/h2-5,14H,1H3/b4-2+. The number of anilines is 1. The van der Waals surface area contributed by atoms with Gasteiger partial charge < -0.3 is 10.1 Å². The first-order valence-corrected chi connectivity index (χ1v) is 5.44. The molecular formula is C10H8F3NO3S. The smallest absolute Gasteiger partial charge is 0.454 e. The van der Waals surface area contributed by atoms with Crippen LogP contribution in [0.25, 0.3) is 0 Å². The van der Waals surface area contributed by atoms with E-state index >= 15 is 0 Å². The molecule has 1 heterocycles. The van der Waals surface area contributed by atoms with E-state index in [4.69, 9.17) is 0 Å². The molecule has 1 N–H and O–H groups in total. The Labute approximate surface area is 104 Å². The van der Waals surface area contributed by atoms with Crippen LogP contribution < -0.4 is 5.32 Å². The molecule has 0 radical (unpaired) electrons. The van der Waals surface area contributed by atoms with Gasteiger partial charge in [-0.15, -0.1) is 11.3 Å². The molecule has 18 heavy (non-hydrogen) atoms. The summed E-state index contributed by atoms with van der Waals surface area (Å²) in [6, 6.07) is 1.49. The monoisotopic (exact) mass is 279 g/mol. The van der Waals surface area contributed by atoms with Crippen LogP contribution in [0.3, 0.4) is 0 Å². The number of carbonyl (C=O) groups excluding carboxylic acids is 2. The first-order chi connectivity index (χ1) is 8.36. The van der Waals surface area contributed by atoms with E-state index in [1.54, 1.807) is 5.38 Å². The number of nitrogens with one attached hydrogen (secondary N) is 1. The first kappa shape index (κ1) is 14.2. The Morgan fingerprint density at radius 3 is 2.67 bits per heavy atom. The number of hydrogen-bond donors (Lipinski definition) is 1. The molecule has 0 unspecified atom stereocenters. The van der Waals surface area contributed by atoms with E-state index in [-0.39, 0.29) is 10.6 Å². The highest BCUT2D eigenvalue weighted by Gasteiger charge is 2.36. The van der Waals surface area contributed by atoms with Crippen molar-refractivity contribution in [3.05, 3.63) is 28.6 Å². The minimum absolute atomic E-state index is 0.210. The van der Waals surface area contributed by atoms with Crippen LogP contribution in [0.4, 0.5) is 18.9 Å². The lowest BCUT2D eigenvalue weighted by atomic mass is 10.3. The number of halogens is 3. The molecule has 1 aromatic rings. The lowest BCUT2D eigenvalue weighted by Gasteiger charge is -2.02. The zero-order chi connectivity index (χ0) is 13.8. The van der Waals surface area contributed by atoms with E-state index in [0.717, 1.165) is 17.5 Å². The molecule has 0 bridgehead atoms. The van der Waals surface area contributed by atoms with E-state index in [1.165, 1.54) is 13.2 Å². The van der Waals surface area contributed by atoms with Gasteiger partial charge in [0.05, 0.1) is 12.8 Å². The van der Waals surface area contributed by atoms with Crippen LogP contribution in [0.1, 0.15) is 9.67 Å². The number of thiophene rings is 1. The number of ketones is 1. The second kappa shape index (κ2) is 5.67. The maximum Gasteiger partial charge on any atom is 0.454 e. The number of alkyl halides is 3. The van der Waals surface area contributed by atoms with Crippen molar-refractivity contribution in [2.24, 2.45) is 0 Å². The molecule has 0 aliphatic heterocycles. The van der Waals surface area contributed by atoms with E-state index in [2.05, 4.69) is 10.1 Å². The molecule has 98 valence electrons. The van der Waals surface area contributed by atoms with Crippen molar-refractivity contribution in [2.45, 2.75) is 6.18 Å². The van der Waals surface area contributed by atoms with Gasteiger partial charge in [-0.2, -0.15) is 13.2 Å². The molecule has 0 aromatic carbocycles. The highest BCUT2D eigenvalue weighted by atomic mass is 32.1. The Bertz CT molecular complexity index is 479. The Hall–Kier alpha value is -1.83. The average molecular weight is 279 g/mol. The largest absolute Gasteiger partial charge is 0.465 e. The maximum atomic E-state index is 11.9. The highest BCUT2D eigenvalue weighted by Crippen LogP contribution is 2.23. The van der Waals surface area contributed by atoms with E-state index < -0.39 is 17.9 Å². The molecule has 0 spiro atoms. The summed E-state index contributed by atoms with van der Waals surface area (Å²) in [5.74, 6) is -2.59. The highest BCUT2D eigenvalue weighted by molar-refractivity contribution is 7.12. The molecule has 0 fully saturated rings. The van der Waals surface area contributed by atoms with E-state index in [0.29, 0.717) is 6.08 Å². The van der Waals surface area contributed by atoms with Crippen LogP contribution in [0.2, 0.25) is 0 Å². The van der Waals surface area contributed by atoms with Crippen molar-refractivity contribution >= 4 is 28.8 Å². The summed E-state index contributed by atoms with van der Waals surface area (Å²) in [6.45, 7) is 0. The van der Waals surface area contributed by atoms with Gasteiger partial charge in [0.25, 0.3) is 5.78 Å². The molecular weight excluding hydrogens is 271 g/mol. The molecule has 8 heteroatoms. The van der Waals surface area contributed by atoms with Crippen LogP contribution in [-0.2, 0) is 9.53 Å². The number of esters is 1. The summed E-state index contributed by atoms with van der Waals surface area (Å²) in [7, 11) is 1.19. The average Bonchev–Trinajstić information content (AvgIpc) is 2.75. The van der Waals surface area contributed by atoms with Crippen LogP contribution in [0, 0.1) is 0 Å². The topological polar surface area (TPSA) is 55.4 Å². The van der Waals surface area contributed by atoms with Gasteiger partial charge in [-0.1, -0.05) is 0 Å². The summed E-state index contributed by atoms with van der Waals surface area (Å²) in [5.41, 5.74) is 0.276. The Morgan fingerprint density at radius 2 is 2.11 bits per heavy atom. The number of allylic oxidation sites excluding steroid dienone is 1. The van der Waals surface area contributed by atoms with Gasteiger partial charge in [0, 0.05) is 12.3 Å². The van der Waals surface area contributed by atoms with Gasteiger partial charge in [0.2, 0.25) is 0 Å². The summed E-state index contributed by atoms with van der Waals surface area (Å²) < 4.78 is 40.1. The van der Waals surface area contributed by atoms with Gasteiger partial charge >= 0.3 is 12.1 Å². The van der Waals surface area contributed by atoms with Gasteiger partial charge in [-0.25, -0.2) is 4.79 Å². The molecule has 0 saturated heterocycles. The Balaban J connectivity index is 2.70. The van der Waals surface area contributed by atoms with Crippen molar-refractivity contribution in [3.63, 3.8) is 0 Å². The van der Waals surface area contributed by atoms with Gasteiger partial charge in [0.15, 0.2) is 0 Å². The molecule has 0 saturated carbocycles. The fourth-order valence-electron chi connectivity index (χ4n) is 0.975. The van der Waals surface area contributed by atoms with E-state index in [1.807, 2.05) is 0 Å². The summed E-state index contributed by atoms with van der Waals surface area (Å²) in [5, 5.41) is 3.98. The summed E-state index contributed by atoms with van der Waals surface area (Å²) >= 11 is 1.07. The lowest BCUT2D eigenvalue weighted by Crippen LogP contribution is -2.20. The zero-order valence-corrected chi connectivity index (χ0v) is 9.89. The summed E-state index contributed by atoms with van der Waals surface area (Å²) in [4.78, 5) is 22.0. The van der Waals surface area contributed by atoms with Gasteiger partial charge in [0.1, 0.15) is 4.88 Å². The third-order valence-corrected chi connectivity index (χ3v) is 2.68. The van der Waals surface area contributed by atoms with Crippen molar-refractivity contribution in [1.29, 1.82) is 0 Å². The molecule has 0 atom stereocenters. The third kappa shape index (κ3) is 3.59. The van der Waals surface area contributed by atoms with Crippen LogP contribution in [-0.4, -0.2) is 25.0 Å². The van der Waals surface area contributed by atoms with Crippen LogP contribution >= 0.6 is 11.3 Å². The minimum atomic E-state index is -4.90. The van der Waals surface area contributed by atoms with Gasteiger partial charge in [-0.05, 0) is 11.4 Å². The molecule has 0 aliphatic carbocycles. The number of carbonyl (C=O) groups is 2. The normalized spacial score (nSPS) is 11.6. The minimum Gasteiger partial charge on any atom is -0.465 e. The van der Waals surface area contributed by atoms with Crippen molar-refractivity contribution in [1.82, 2.24) is 0 Å². The fourth-order valence-corrected chi connectivity index (χ4v) is 1.75. The van der Waals surface area contributed by atoms with Crippen molar-refractivity contribution in [2.75, 3.05) is 12.4 Å². The van der Waals surface area contributed by atoms with Crippen LogP contribution in [0.15, 0.2) is 23.7 Å². The quantitative estimate of drug-likeness (QED) is 0.680. The molecule has 1 rings (SSSR count). The fraction of sp³-hybridized carbons (Fsp3) is 0.200. The van der Waals surface area contributed by atoms with Crippen molar-refractivity contribution in [3.8, 4) is 0 Å². The maximum absolute atomic E-state index is 11.9. The zero-order valence-electron chi connectivity index (χ0n) is 9.08. The Morgan fingerprint density at radius 1 is 1.44 bits per heavy atom. The van der Waals surface area contributed by atoms with Gasteiger partial charge in [-0.3, -0.25) is 4.79 Å². The molecule has 1 aromatic heterocycles. The predicted octanol–water partition coefficient (Wildman–Crippen LogP) is 2.59. The molecule has 0 aliphatic rings. The van der Waals surface area contributed by atoms with E-state index in [9.17, 15) is 22.8 Å². The number of ether oxygens (including phenoxy) is 1. The van der Waals surface area contributed by atoms with Crippen LogP contribution in [0.5, 0.6) is 0 Å². The first-order valence-electron chi connectivity index (χ1n) is 4.56. The van der Waals surface area contributed by atoms with Crippen molar-refractivity contribution < 1.29 is 27.5 Å². The predicted molar refractivity (Wildman–Crippen MR) is 59.5 cm³/mol. The SMILES string of the molecule is COC(=O)c1sccc1N/C=C/C(=O)C(F)(F)F. The lowest BCUT2D eigenvalue weighted by molar-refractivity contribution is -0.165. The number of rotatable bonds is 4. The Kier molecular flexibility index (Phi) is 4.49. The second-order valence-corrected chi connectivity index (χ2v) is 3.91. The number of methoxy groups -OCH3 is 1.